The molecule has 2 fully saturated rings. The van der Waals surface area contributed by atoms with E-state index in [0.29, 0.717) is 21.3 Å². The summed E-state index contributed by atoms with van der Waals surface area (Å²) in [5, 5.41) is 6.19. The molecule has 2 aliphatic rings. The predicted octanol–water partition coefficient (Wildman–Crippen LogP) is 5.25. The SMILES string of the molecule is CNS(=O)(=O)OC[C@@H]1CCC(Nc2ncncc2C(=O)c2cc(C3(c4cccc(Cl)c4)CCCS3)cs2)C1. The summed E-state index contributed by atoms with van der Waals surface area (Å²) in [5.41, 5.74) is 2.71. The van der Waals surface area contributed by atoms with Crippen LogP contribution in [-0.4, -0.2) is 49.6 Å². The van der Waals surface area contributed by atoms with Crippen molar-refractivity contribution in [2.45, 2.75) is 42.9 Å². The second-order valence-corrected chi connectivity index (χ2v) is 13.9. The highest BCUT2D eigenvalue weighted by Crippen LogP contribution is 2.52. The number of carbonyl (C=O) groups is 1. The van der Waals surface area contributed by atoms with E-state index < -0.39 is 10.3 Å². The average molecular weight is 593 g/mol. The van der Waals surface area contributed by atoms with Crippen LogP contribution in [0.25, 0.3) is 0 Å². The number of anilines is 1. The van der Waals surface area contributed by atoms with Crippen LogP contribution in [0.4, 0.5) is 5.82 Å². The normalized spacial score (nSPS) is 23.5. The van der Waals surface area contributed by atoms with Crippen LogP contribution in [0, 0.1) is 5.92 Å². The minimum Gasteiger partial charge on any atom is -0.367 e. The fourth-order valence-corrected chi connectivity index (χ4v) is 8.40. The smallest absolute Gasteiger partial charge is 0.335 e. The van der Waals surface area contributed by atoms with Gasteiger partial charge in [0.1, 0.15) is 12.1 Å². The Morgan fingerprint density at radius 2 is 2.13 bits per heavy atom. The number of rotatable bonds is 10. The quantitative estimate of drug-likeness (QED) is 0.307. The molecule has 12 heteroatoms. The van der Waals surface area contributed by atoms with Crippen molar-refractivity contribution in [2.75, 3.05) is 24.7 Å². The molecule has 0 amide bonds. The van der Waals surface area contributed by atoms with Crippen LogP contribution in [0.3, 0.4) is 0 Å². The number of aromatic nitrogens is 2. The molecule has 3 aromatic rings. The summed E-state index contributed by atoms with van der Waals surface area (Å²) in [6.07, 6.45) is 7.45. The number of hydrogen-bond acceptors (Lipinski definition) is 9. The van der Waals surface area contributed by atoms with Crippen molar-refractivity contribution < 1.29 is 17.4 Å². The van der Waals surface area contributed by atoms with Crippen molar-refractivity contribution in [3.8, 4) is 0 Å². The molecular weight excluding hydrogens is 564 g/mol. The fraction of sp³-hybridized carbons (Fsp3) is 0.423. The van der Waals surface area contributed by atoms with Gasteiger partial charge in [0.05, 0.1) is 21.8 Å². The van der Waals surface area contributed by atoms with Gasteiger partial charge in [-0.2, -0.15) is 13.1 Å². The van der Waals surface area contributed by atoms with Gasteiger partial charge in [0.25, 0.3) is 0 Å². The number of ketones is 1. The Labute approximate surface area is 236 Å². The summed E-state index contributed by atoms with van der Waals surface area (Å²) in [7, 11) is -2.38. The largest absolute Gasteiger partial charge is 0.367 e. The first-order valence-electron chi connectivity index (χ1n) is 12.5. The van der Waals surface area contributed by atoms with E-state index in [1.165, 1.54) is 24.7 Å². The lowest BCUT2D eigenvalue weighted by Gasteiger charge is -2.28. The Hall–Kier alpha value is -2.02. The van der Waals surface area contributed by atoms with E-state index in [1.807, 2.05) is 36.0 Å². The number of thioether (sulfide) groups is 1. The van der Waals surface area contributed by atoms with Crippen LogP contribution in [0.2, 0.25) is 5.02 Å². The molecule has 38 heavy (non-hydrogen) atoms. The number of hydrogen-bond donors (Lipinski definition) is 2. The van der Waals surface area contributed by atoms with E-state index in [9.17, 15) is 13.2 Å². The van der Waals surface area contributed by atoms with Crippen molar-refractivity contribution in [1.29, 1.82) is 0 Å². The second kappa shape index (κ2) is 11.6. The third-order valence-electron chi connectivity index (χ3n) is 7.15. The molecule has 1 aliphatic carbocycles. The lowest BCUT2D eigenvalue weighted by molar-refractivity contribution is 0.104. The molecule has 202 valence electrons. The van der Waals surface area contributed by atoms with Gasteiger partial charge in [-0.05, 0) is 78.5 Å². The molecule has 0 spiro atoms. The van der Waals surface area contributed by atoms with Gasteiger partial charge in [0.15, 0.2) is 0 Å². The maximum absolute atomic E-state index is 13.6. The Bertz CT molecular complexity index is 1410. The van der Waals surface area contributed by atoms with Crippen molar-refractivity contribution >= 4 is 56.6 Å². The van der Waals surface area contributed by atoms with Crippen molar-refractivity contribution in [2.24, 2.45) is 5.92 Å². The summed E-state index contributed by atoms with van der Waals surface area (Å²) in [4.78, 5) is 22.8. The minimum atomic E-state index is -3.70. The average Bonchev–Trinajstić information content (AvgIpc) is 3.69. The van der Waals surface area contributed by atoms with Gasteiger partial charge in [-0.25, -0.2) is 9.97 Å². The molecule has 1 saturated heterocycles. The summed E-state index contributed by atoms with van der Waals surface area (Å²) < 4.78 is 30.1. The number of halogens is 1. The molecule has 1 saturated carbocycles. The first-order chi connectivity index (χ1) is 18.3. The van der Waals surface area contributed by atoms with Gasteiger partial charge in [-0.1, -0.05) is 23.7 Å². The highest BCUT2D eigenvalue weighted by molar-refractivity contribution is 8.00. The van der Waals surface area contributed by atoms with Gasteiger partial charge >= 0.3 is 10.3 Å². The molecule has 1 aliphatic heterocycles. The Balaban J connectivity index is 1.32. The van der Waals surface area contributed by atoms with Gasteiger partial charge in [0.2, 0.25) is 5.78 Å². The second-order valence-electron chi connectivity index (χ2n) is 9.57. The molecule has 2 N–H and O–H groups in total. The minimum absolute atomic E-state index is 0.0576. The molecular formula is C26H29ClN4O4S3. The molecule has 3 atom stereocenters. The molecule has 3 heterocycles. The third kappa shape index (κ3) is 5.93. The maximum Gasteiger partial charge on any atom is 0.335 e. The lowest BCUT2D eigenvalue weighted by atomic mass is 9.88. The van der Waals surface area contributed by atoms with Gasteiger partial charge in [-0.15, -0.1) is 23.1 Å². The molecule has 1 aromatic carbocycles. The van der Waals surface area contributed by atoms with E-state index in [2.05, 4.69) is 31.5 Å². The molecule has 2 aromatic heterocycles. The molecule has 0 radical (unpaired) electrons. The van der Waals surface area contributed by atoms with Crippen LogP contribution in [0.15, 0.2) is 48.2 Å². The monoisotopic (exact) mass is 592 g/mol. The number of carbonyl (C=O) groups excluding carboxylic acids is 1. The number of nitrogens with one attached hydrogen (secondary N) is 2. The van der Waals surface area contributed by atoms with Gasteiger partial charge in [-0.3, -0.25) is 8.98 Å². The molecule has 8 nitrogen and oxygen atoms in total. The Morgan fingerprint density at radius 3 is 2.89 bits per heavy atom. The third-order valence-corrected chi connectivity index (χ3v) is 10.9. The molecule has 5 rings (SSSR count). The van der Waals surface area contributed by atoms with E-state index in [4.69, 9.17) is 15.8 Å². The highest BCUT2D eigenvalue weighted by atomic mass is 35.5. The zero-order valence-electron chi connectivity index (χ0n) is 20.9. The summed E-state index contributed by atoms with van der Waals surface area (Å²) in [6.45, 7) is 0.126. The first-order valence-corrected chi connectivity index (χ1v) is 16.1. The van der Waals surface area contributed by atoms with E-state index >= 15 is 0 Å². The molecule has 2 unspecified atom stereocenters. The van der Waals surface area contributed by atoms with Gasteiger partial charge in [0, 0.05) is 24.3 Å². The summed E-state index contributed by atoms with van der Waals surface area (Å²) in [5.74, 6) is 1.53. The van der Waals surface area contributed by atoms with Crippen LogP contribution < -0.4 is 10.0 Å². The van der Waals surface area contributed by atoms with Crippen LogP contribution >= 0.6 is 34.7 Å². The highest BCUT2D eigenvalue weighted by Gasteiger charge is 2.39. The predicted molar refractivity (Wildman–Crippen MR) is 152 cm³/mol. The van der Waals surface area contributed by atoms with Crippen LogP contribution in [0.5, 0.6) is 0 Å². The molecule has 0 bridgehead atoms. The fourth-order valence-electron chi connectivity index (χ4n) is 5.21. The van der Waals surface area contributed by atoms with Crippen molar-refractivity contribution in [3.05, 3.63) is 74.8 Å². The zero-order chi connectivity index (χ0) is 26.8. The summed E-state index contributed by atoms with van der Waals surface area (Å²) in [6, 6.07) is 10.1. The standard InChI is InChI=1S/C26H29ClN4O4S3/c1-28-38(33,34)35-14-17-6-7-21(10-17)31-25-22(13-29-16-30-25)24(32)23-12-19(15-36-23)26(8-3-9-37-26)18-4-2-5-20(27)11-18/h2,4-5,11-13,15-17,21,28H,3,6-10,14H2,1H3,(H,29,30,31)/t17-,21?,26?/m1/s1. The number of benzene rings is 1. The van der Waals surface area contributed by atoms with Crippen molar-refractivity contribution in [1.82, 2.24) is 14.7 Å². The van der Waals surface area contributed by atoms with Crippen LogP contribution in [0.1, 0.15) is 58.5 Å². The maximum atomic E-state index is 13.6. The van der Waals surface area contributed by atoms with E-state index in [0.717, 1.165) is 49.0 Å². The lowest BCUT2D eigenvalue weighted by Crippen LogP contribution is -2.24. The number of nitrogens with zero attached hydrogens (tertiary/aromatic N) is 2. The Kier molecular flexibility index (Phi) is 8.42. The van der Waals surface area contributed by atoms with Crippen molar-refractivity contribution in [3.63, 3.8) is 0 Å². The van der Waals surface area contributed by atoms with E-state index in [-0.39, 0.29) is 29.1 Å². The zero-order valence-corrected chi connectivity index (χ0v) is 24.1. The van der Waals surface area contributed by atoms with Crippen LogP contribution in [-0.2, 0) is 19.2 Å². The summed E-state index contributed by atoms with van der Waals surface area (Å²) >= 11 is 9.68. The first kappa shape index (κ1) is 27.5. The Morgan fingerprint density at radius 1 is 1.26 bits per heavy atom. The number of thiophene rings is 1. The topological polar surface area (TPSA) is 110 Å². The van der Waals surface area contributed by atoms with Gasteiger partial charge < -0.3 is 5.32 Å². The van der Waals surface area contributed by atoms with E-state index in [1.54, 1.807) is 6.20 Å².